The van der Waals surface area contributed by atoms with Gasteiger partial charge in [0, 0.05) is 19.1 Å². The zero-order valence-corrected chi connectivity index (χ0v) is 13.0. The van der Waals surface area contributed by atoms with E-state index in [9.17, 15) is 4.79 Å². The summed E-state index contributed by atoms with van der Waals surface area (Å²) in [5, 5.41) is 12.5. The van der Waals surface area contributed by atoms with Gasteiger partial charge in [-0.15, -0.1) is 0 Å². The average molecular weight is 313 g/mol. The van der Waals surface area contributed by atoms with Gasteiger partial charge in [0.2, 0.25) is 5.95 Å². The molecular weight excluding hydrogens is 294 g/mol. The van der Waals surface area contributed by atoms with Gasteiger partial charge in [-0.1, -0.05) is 6.07 Å². The number of nitrogens with zero attached hydrogens (tertiary/aromatic N) is 3. The topological polar surface area (TPSA) is 94.0 Å². The lowest BCUT2D eigenvalue weighted by molar-refractivity contribution is 0.0983. The molecule has 0 radical (unpaired) electrons. The van der Waals surface area contributed by atoms with Crippen LogP contribution in [-0.4, -0.2) is 46.7 Å². The first kappa shape index (κ1) is 15.2. The Morgan fingerprint density at radius 3 is 3.00 bits per heavy atom. The molecule has 2 aromatic rings. The molecule has 2 heterocycles. The van der Waals surface area contributed by atoms with Crippen LogP contribution in [0.1, 0.15) is 25.3 Å². The normalized spacial score (nSPS) is 15.4. The lowest BCUT2D eigenvalue weighted by atomic mass is 10.1. The van der Waals surface area contributed by atoms with Crippen LogP contribution in [0.2, 0.25) is 0 Å². The van der Waals surface area contributed by atoms with Crippen molar-refractivity contribution in [3.8, 4) is 6.07 Å². The lowest BCUT2D eigenvalue weighted by Gasteiger charge is -2.31. The van der Waals surface area contributed by atoms with Crippen LogP contribution in [0.25, 0.3) is 11.0 Å². The average Bonchev–Trinajstić information content (AvgIpc) is 2.98. The quantitative estimate of drug-likeness (QED) is 0.907. The van der Waals surface area contributed by atoms with Gasteiger partial charge in [0.15, 0.2) is 0 Å². The third kappa shape index (κ3) is 3.21. The van der Waals surface area contributed by atoms with E-state index in [0.29, 0.717) is 36.7 Å². The minimum atomic E-state index is -0.242. The minimum absolute atomic E-state index is 0.242. The number of nitrogens with one attached hydrogen (secondary N) is 2. The highest BCUT2D eigenvalue weighted by Crippen LogP contribution is 2.20. The largest absolute Gasteiger partial charge is 0.450 e. The number of carbonyl (C=O) groups excluding carboxylic acids is 1. The van der Waals surface area contributed by atoms with E-state index in [1.165, 1.54) is 0 Å². The fourth-order valence-corrected chi connectivity index (χ4v) is 2.81. The number of anilines is 1. The molecular formula is C16H19N5O2. The van der Waals surface area contributed by atoms with Crippen molar-refractivity contribution < 1.29 is 9.53 Å². The number of H-pyrrole nitrogens is 1. The number of benzene rings is 1. The molecule has 1 aliphatic rings. The number of piperidine rings is 1. The fraction of sp³-hybridized carbons (Fsp3) is 0.438. The molecule has 0 spiro atoms. The first-order valence-corrected chi connectivity index (χ1v) is 7.78. The number of para-hydroxylation sites is 1. The minimum Gasteiger partial charge on any atom is -0.450 e. The Labute approximate surface area is 134 Å². The van der Waals surface area contributed by atoms with Crippen molar-refractivity contribution >= 4 is 23.1 Å². The molecule has 1 aromatic carbocycles. The number of aromatic amines is 1. The zero-order chi connectivity index (χ0) is 16.2. The number of hydrogen-bond donors (Lipinski definition) is 2. The van der Waals surface area contributed by atoms with Crippen molar-refractivity contribution in [3.05, 3.63) is 23.8 Å². The van der Waals surface area contributed by atoms with E-state index in [1.54, 1.807) is 11.0 Å². The molecule has 0 unspecified atom stereocenters. The van der Waals surface area contributed by atoms with E-state index in [-0.39, 0.29) is 12.1 Å². The summed E-state index contributed by atoms with van der Waals surface area (Å²) in [5.74, 6) is 0.664. The smallest absolute Gasteiger partial charge is 0.409 e. The van der Waals surface area contributed by atoms with Crippen LogP contribution in [-0.2, 0) is 4.74 Å². The van der Waals surface area contributed by atoms with E-state index in [2.05, 4.69) is 21.4 Å². The number of aromatic nitrogens is 2. The maximum Gasteiger partial charge on any atom is 0.409 e. The summed E-state index contributed by atoms with van der Waals surface area (Å²) in [5.41, 5.74) is 2.08. The van der Waals surface area contributed by atoms with E-state index in [4.69, 9.17) is 10.00 Å². The molecule has 7 heteroatoms. The summed E-state index contributed by atoms with van der Waals surface area (Å²) in [6.07, 6.45) is 1.43. The Kier molecular flexibility index (Phi) is 4.33. The highest BCUT2D eigenvalue weighted by Gasteiger charge is 2.24. The predicted molar refractivity (Wildman–Crippen MR) is 86.0 cm³/mol. The predicted octanol–water partition coefficient (Wildman–Crippen LogP) is 2.47. The van der Waals surface area contributed by atoms with E-state index >= 15 is 0 Å². The summed E-state index contributed by atoms with van der Waals surface area (Å²) >= 11 is 0. The molecule has 1 aromatic heterocycles. The molecule has 7 nitrogen and oxygen atoms in total. The molecule has 0 aliphatic carbocycles. The van der Waals surface area contributed by atoms with Crippen molar-refractivity contribution in [1.82, 2.24) is 14.9 Å². The Morgan fingerprint density at radius 1 is 1.52 bits per heavy atom. The second-order valence-corrected chi connectivity index (χ2v) is 5.50. The number of carbonyl (C=O) groups is 1. The first-order chi connectivity index (χ1) is 11.2. The summed E-state index contributed by atoms with van der Waals surface area (Å²) in [6, 6.07) is 7.88. The molecule has 23 heavy (non-hydrogen) atoms. The van der Waals surface area contributed by atoms with E-state index in [0.717, 1.165) is 18.4 Å². The van der Waals surface area contributed by atoms with Gasteiger partial charge in [0.1, 0.15) is 11.6 Å². The second kappa shape index (κ2) is 6.57. The molecule has 3 rings (SSSR count). The van der Waals surface area contributed by atoms with Crippen LogP contribution >= 0.6 is 0 Å². The standard InChI is InChI=1S/C16H19N5O2/c1-2-23-16(22)21-8-6-12(7-9-21)18-15-19-13-5-3-4-11(10-17)14(13)20-15/h3-5,12H,2,6-9H2,1H3,(H2,18,19,20). The summed E-state index contributed by atoms with van der Waals surface area (Å²) < 4.78 is 5.02. The maximum absolute atomic E-state index is 11.7. The molecule has 1 fully saturated rings. The van der Waals surface area contributed by atoms with Gasteiger partial charge in [0.25, 0.3) is 0 Å². The van der Waals surface area contributed by atoms with Crippen molar-refractivity contribution in [2.24, 2.45) is 0 Å². The maximum atomic E-state index is 11.7. The van der Waals surface area contributed by atoms with Crippen LogP contribution in [0, 0.1) is 11.3 Å². The zero-order valence-electron chi connectivity index (χ0n) is 13.0. The SMILES string of the molecule is CCOC(=O)N1CCC(Nc2nc3c(C#N)cccc3[nH]2)CC1. The second-order valence-electron chi connectivity index (χ2n) is 5.50. The number of ether oxygens (including phenoxy) is 1. The summed E-state index contributed by atoms with van der Waals surface area (Å²) in [7, 11) is 0. The van der Waals surface area contributed by atoms with Crippen molar-refractivity contribution in [2.75, 3.05) is 25.0 Å². The van der Waals surface area contributed by atoms with Crippen LogP contribution < -0.4 is 5.32 Å². The Balaban J connectivity index is 1.63. The third-order valence-corrected chi connectivity index (χ3v) is 3.99. The summed E-state index contributed by atoms with van der Waals surface area (Å²) in [4.78, 5) is 21.1. The highest BCUT2D eigenvalue weighted by molar-refractivity contribution is 5.83. The molecule has 0 atom stereocenters. The Hall–Kier alpha value is -2.75. The number of nitriles is 1. The van der Waals surface area contributed by atoms with Crippen LogP contribution in [0.4, 0.5) is 10.7 Å². The van der Waals surface area contributed by atoms with Gasteiger partial charge in [-0.3, -0.25) is 0 Å². The molecule has 120 valence electrons. The number of fused-ring (bicyclic) bond motifs is 1. The van der Waals surface area contributed by atoms with Crippen LogP contribution in [0.15, 0.2) is 18.2 Å². The monoisotopic (exact) mass is 313 g/mol. The lowest BCUT2D eigenvalue weighted by Crippen LogP contribution is -2.42. The van der Waals surface area contributed by atoms with Gasteiger partial charge < -0.3 is 19.9 Å². The van der Waals surface area contributed by atoms with E-state index in [1.807, 2.05) is 19.1 Å². The van der Waals surface area contributed by atoms with Gasteiger partial charge in [-0.25, -0.2) is 9.78 Å². The van der Waals surface area contributed by atoms with Gasteiger partial charge in [-0.2, -0.15) is 5.26 Å². The Morgan fingerprint density at radius 2 is 2.30 bits per heavy atom. The van der Waals surface area contributed by atoms with Gasteiger partial charge in [0.05, 0.1) is 17.7 Å². The van der Waals surface area contributed by atoms with Crippen molar-refractivity contribution in [3.63, 3.8) is 0 Å². The van der Waals surface area contributed by atoms with Gasteiger partial charge in [-0.05, 0) is 31.9 Å². The van der Waals surface area contributed by atoms with Crippen LogP contribution in [0.5, 0.6) is 0 Å². The number of imidazole rings is 1. The number of rotatable bonds is 3. The molecule has 1 saturated heterocycles. The van der Waals surface area contributed by atoms with Crippen molar-refractivity contribution in [1.29, 1.82) is 5.26 Å². The van der Waals surface area contributed by atoms with Crippen molar-refractivity contribution in [2.45, 2.75) is 25.8 Å². The number of likely N-dealkylation sites (tertiary alicyclic amines) is 1. The number of amides is 1. The van der Waals surface area contributed by atoms with E-state index < -0.39 is 0 Å². The number of hydrogen-bond acceptors (Lipinski definition) is 5. The molecule has 0 saturated carbocycles. The molecule has 1 aliphatic heterocycles. The summed E-state index contributed by atoms with van der Waals surface area (Å²) in [6.45, 7) is 3.54. The van der Waals surface area contributed by atoms with Gasteiger partial charge >= 0.3 is 6.09 Å². The molecule has 0 bridgehead atoms. The van der Waals surface area contributed by atoms with Crippen LogP contribution in [0.3, 0.4) is 0 Å². The highest BCUT2D eigenvalue weighted by atomic mass is 16.6. The molecule has 1 amide bonds. The fourth-order valence-electron chi connectivity index (χ4n) is 2.81. The first-order valence-electron chi connectivity index (χ1n) is 7.78. The molecule has 2 N–H and O–H groups in total. The third-order valence-electron chi connectivity index (χ3n) is 3.99. The Bertz CT molecular complexity index is 740.